The van der Waals surface area contributed by atoms with Crippen LogP contribution >= 0.6 is 0 Å². The molecule has 94 valence electrons. The summed E-state index contributed by atoms with van der Waals surface area (Å²) >= 11 is 0. The molecule has 0 amide bonds. The molecule has 0 aliphatic carbocycles. The fourth-order valence-electron chi connectivity index (χ4n) is 1.65. The second-order valence-electron chi connectivity index (χ2n) is 3.95. The van der Waals surface area contributed by atoms with Crippen LogP contribution < -0.4 is 17.0 Å². The summed E-state index contributed by atoms with van der Waals surface area (Å²) in [5.41, 5.74) is 4.67. The zero-order valence-electron chi connectivity index (χ0n) is 9.76. The van der Waals surface area contributed by atoms with Gasteiger partial charge in [-0.3, -0.25) is 9.36 Å². The Morgan fingerprint density at radius 3 is 2.72 bits per heavy atom. The molecule has 0 saturated carbocycles. The molecular formula is C12H12FN3O2. The van der Waals surface area contributed by atoms with E-state index in [9.17, 15) is 14.0 Å². The molecule has 2 rings (SSSR count). The van der Waals surface area contributed by atoms with Crippen LogP contribution in [0.2, 0.25) is 0 Å². The molecule has 2 N–H and O–H groups in total. The third-order valence-electron chi connectivity index (χ3n) is 2.68. The third kappa shape index (κ3) is 2.04. The summed E-state index contributed by atoms with van der Waals surface area (Å²) in [6, 6.07) is 5.74. The average Bonchev–Trinajstić information content (AvgIpc) is 2.35. The quantitative estimate of drug-likeness (QED) is 0.779. The number of hydrogen-bond acceptors (Lipinski definition) is 3. The fourth-order valence-corrected chi connectivity index (χ4v) is 1.65. The van der Waals surface area contributed by atoms with E-state index < -0.39 is 17.1 Å². The SMILES string of the molecule is Cn1ccc(=O)n(Cc2cccc(N)c2F)c1=O. The molecule has 0 aliphatic rings. The molecule has 1 heterocycles. The number of nitrogen functional groups attached to an aromatic ring is 1. The molecule has 0 saturated heterocycles. The van der Waals surface area contributed by atoms with Gasteiger partial charge in [0.2, 0.25) is 0 Å². The molecule has 0 bridgehead atoms. The third-order valence-corrected chi connectivity index (χ3v) is 2.68. The average molecular weight is 249 g/mol. The Morgan fingerprint density at radius 1 is 1.28 bits per heavy atom. The lowest BCUT2D eigenvalue weighted by atomic mass is 10.2. The molecule has 6 heteroatoms. The Bertz CT molecular complexity index is 703. The van der Waals surface area contributed by atoms with Crippen molar-refractivity contribution in [2.24, 2.45) is 7.05 Å². The van der Waals surface area contributed by atoms with Crippen LogP contribution in [-0.2, 0) is 13.6 Å². The molecule has 5 nitrogen and oxygen atoms in total. The molecule has 0 aliphatic heterocycles. The van der Waals surface area contributed by atoms with Crippen LogP contribution in [0.3, 0.4) is 0 Å². The molecule has 0 radical (unpaired) electrons. The summed E-state index contributed by atoms with van der Waals surface area (Å²) in [5.74, 6) is -0.602. The molecule has 2 aromatic rings. The van der Waals surface area contributed by atoms with E-state index in [-0.39, 0.29) is 17.8 Å². The van der Waals surface area contributed by atoms with Crippen molar-refractivity contribution in [1.29, 1.82) is 0 Å². The minimum atomic E-state index is -0.602. The van der Waals surface area contributed by atoms with Crippen molar-refractivity contribution >= 4 is 5.69 Å². The Labute approximate surface area is 102 Å². The number of nitrogens with zero attached hydrogens (tertiary/aromatic N) is 2. The van der Waals surface area contributed by atoms with Gasteiger partial charge >= 0.3 is 5.69 Å². The number of rotatable bonds is 2. The highest BCUT2D eigenvalue weighted by Crippen LogP contribution is 2.14. The first-order chi connectivity index (χ1) is 8.50. The van der Waals surface area contributed by atoms with Gasteiger partial charge in [0.25, 0.3) is 5.56 Å². The summed E-state index contributed by atoms with van der Waals surface area (Å²) < 4.78 is 15.9. The topological polar surface area (TPSA) is 70.0 Å². The standard InChI is InChI=1S/C12H12FN3O2/c1-15-6-5-10(17)16(12(15)18)7-8-3-2-4-9(14)11(8)13/h2-6H,7,14H2,1H3. The van der Waals surface area contributed by atoms with Gasteiger partial charge in [-0.25, -0.2) is 9.18 Å². The van der Waals surface area contributed by atoms with Crippen LogP contribution in [0.1, 0.15) is 5.56 Å². The summed E-state index contributed by atoms with van der Waals surface area (Å²) in [4.78, 5) is 23.4. The number of aromatic nitrogens is 2. The minimum Gasteiger partial charge on any atom is -0.396 e. The smallest absolute Gasteiger partial charge is 0.331 e. The van der Waals surface area contributed by atoms with Crippen molar-refractivity contribution in [3.63, 3.8) is 0 Å². The van der Waals surface area contributed by atoms with Crippen molar-refractivity contribution in [2.45, 2.75) is 6.54 Å². The summed E-state index contributed by atoms with van der Waals surface area (Å²) in [6.07, 6.45) is 1.37. The Morgan fingerprint density at radius 2 is 2.00 bits per heavy atom. The highest BCUT2D eigenvalue weighted by atomic mass is 19.1. The zero-order chi connectivity index (χ0) is 13.3. The van der Waals surface area contributed by atoms with Gasteiger partial charge in [0, 0.05) is 24.9 Å². The molecule has 0 atom stereocenters. The van der Waals surface area contributed by atoms with Gasteiger partial charge in [0.15, 0.2) is 5.82 Å². The number of hydrogen-bond donors (Lipinski definition) is 1. The highest BCUT2D eigenvalue weighted by Gasteiger charge is 2.09. The number of anilines is 1. The summed E-state index contributed by atoms with van der Waals surface area (Å²) in [5, 5.41) is 0. The maximum Gasteiger partial charge on any atom is 0.331 e. The lowest BCUT2D eigenvalue weighted by molar-refractivity contribution is 0.581. The van der Waals surface area contributed by atoms with E-state index in [1.54, 1.807) is 6.07 Å². The fraction of sp³-hybridized carbons (Fsp3) is 0.167. The van der Waals surface area contributed by atoms with E-state index >= 15 is 0 Å². The van der Waals surface area contributed by atoms with Crippen molar-refractivity contribution in [3.8, 4) is 0 Å². The summed E-state index contributed by atoms with van der Waals surface area (Å²) in [7, 11) is 1.52. The van der Waals surface area contributed by atoms with Crippen LogP contribution in [0.4, 0.5) is 10.1 Å². The van der Waals surface area contributed by atoms with Gasteiger partial charge in [0.1, 0.15) is 0 Å². The molecular weight excluding hydrogens is 237 g/mol. The van der Waals surface area contributed by atoms with Crippen LogP contribution in [0, 0.1) is 5.82 Å². The second-order valence-corrected chi connectivity index (χ2v) is 3.95. The predicted octanol–water partition coefficient (Wildman–Crippen LogP) is 0.317. The van der Waals surface area contributed by atoms with E-state index in [4.69, 9.17) is 5.73 Å². The van der Waals surface area contributed by atoms with Gasteiger partial charge in [0.05, 0.1) is 12.2 Å². The Hall–Kier alpha value is -2.37. The minimum absolute atomic E-state index is 0.00620. The molecule has 1 aromatic heterocycles. The highest BCUT2D eigenvalue weighted by molar-refractivity contribution is 5.42. The lowest BCUT2D eigenvalue weighted by Gasteiger charge is -2.08. The van der Waals surface area contributed by atoms with Gasteiger partial charge < -0.3 is 10.3 Å². The number of aryl methyl sites for hydroxylation is 1. The summed E-state index contributed by atoms with van der Waals surface area (Å²) in [6.45, 7) is -0.136. The van der Waals surface area contributed by atoms with E-state index in [2.05, 4.69) is 0 Å². The lowest BCUT2D eigenvalue weighted by Crippen LogP contribution is -2.38. The molecule has 0 unspecified atom stereocenters. The van der Waals surface area contributed by atoms with Crippen molar-refractivity contribution in [3.05, 3.63) is 62.7 Å². The van der Waals surface area contributed by atoms with Gasteiger partial charge in [-0.2, -0.15) is 0 Å². The van der Waals surface area contributed by atoms with Crippen molar-refractivity contribution in [1.82, 2.24) is 9.13 Å². The predicted molar refractivity (Wildman–Crippen MR) is 65.9 cm³/mol. The van der Waals surface area contributed by atoms with Crippen molar-refractivity contribution < 1.29 is 4.39 Å². The van der Waals surface area contributed by atoms with Crippen LogP contribution in [0.25, 0.3) is 0 Å². The van der Waals surface area contributed by atoms with E-state index in [0.717, 1.165) is 4.57 Å². The van der Waals surface area contributed by atoms with E-state index in [1.807, 2.05) is 0 Å². The van der Waals surface area contributed by atoms with Gasteiger partial charge in [-0.1, -0.05) is 12.1 Å². The first-order valence-electron chi connectivity index (χ1n) is 5.30. The second kappa shape index (κ2) is 4.48. The zero-order valence-corrected chi connectivity index (χ0v) is 9.76. The first-order valence-corrected chi connectivity index (χ1v) is 5.30. The maximum absolute atomic E-state index is 13.7. The molecule has 0 fully saturated rings. The van der Waals surface area contributed by atoms with Crippen LogP contribution in [0.5, 0.6) is 0 Å². The maximum atomic E-state index is 13.7. The molecule has 0 spiro atoms. The van der Waals surface area contributed by atoms with E-state index in [0.29, 0.717) is 0 Å². The number of benzene rings is 1. The molecule has 18 heavy (non-hydrogen) atoms. The van der Waals surface area contributed by atoms with Gasteiger partial charge in [-0.05, 0) is 6.07 Å². The Kier molecular flexibility index (Phi) is 3.01. The normalized spacial score (nSPS) is 10.6. The van der Waals surface area contributed by atoms with Crippen LogP contribution in [-0.4, -0.2) is 9.13 Å². The van der Waals surface area contributed by atoms with Gasteiger partial charge in [-0.15, -0.1) is 0 Å². The van der Waals surface area contributed by atoms with Crippen molar-refractivity contribution in [2.75, 3.05) is 5.73 Å². The van der Waals surface area contributed by atoms with E-state index in [1.165, 1.54) is 36.0 Å². The largest absolute Gasteiger partial charge is 0.396 e. The Balaban J connectivity index is 2.53. The number of nitrogens with two attached hydrogens (primary N) is 1. The number of halogens is 1. The van der Waals surface area contributed by atoms with Crippen LogP contribution in [0.15, 0.2) is 40.1 Å². The first kappa shape index (κ1) is 12.1. The monoisotopic (exact) mass is 249 g/mol. The molecule has 1 aromatic carbocycles.